The standard InChI is InChI=1S/C23H19Cl2FO3/c1-13-5-16(9-17(26)6-13)19-7-15(3-4-23(19)28)8-20-21(24)10-18(11-22(20)25)29-12-14(2)27/h3-7,9-11,28H,8,12H2,1-2H3. The zero-order chi connectivity index (χ0) is 21.1. The number of hydrogen-bond donors (Lipinski definition) is 1. The predicted octanol–water partition coefficient (Wildman–Crippen LogP) is 6.37. The van der Waals surface area contributed by atoms with E-state index in [2.05, 4.69) is 0 Å². The van der Waals surface area contributed by atoms with E-state index in [4.69, 9.17) is 27.9 Å². The second kappa shape index (κ2) is 8.85. The van der Waals surface area contributed by atoms with Crippen molar-refractivity contribution in [1.82, 2.24) is 0 Å². The van der Waals surface area contributed by atoms with Crippen molar-refractivity contribution in [3.8, 4) is 22.6 Å². The molecule has 0 radical (unpaired) electrons. The lowest BCUT2D eigenvalue weighted by Crippen LogP contribution is -2.06. The van der Waals surface area contributed by atoms with Crippen molar-refractivity contribution < 1.29 is 19.0 Å². The molecule has 0 fully saturated rings. The molecule has 0 aromatic heterocycles. The molecule has 0 aliphatic carbocycles. The van der Waals surface area contributed by atoms with Crippen LogP contribution in [0, 0.1) is 12.7 Å². The van der Waals surface area contributed by atoms with E-state index >= 15 is 0 Å². The fraction of sp³-hybridized carbons (Fsp3) is 0.174. The molecule has 29 heavy (non-hydrogen) atoms. The van der Waals surface area contributed by atoms with Gasteiger partial charge in [-0.1, -0.05) is 35.3 Å². The van der Waals surface area contributed by atoms with Crippen LogP contribution in [0.1, 0.15) is 23.6 Å². The second-order valence-electron chi connectivity index (χ2n) is 6.90. The normalized spacial score (nSPS) is 10.8. The molecule has 0 unspecified atom stereocenters. The Kier molecular flexibility index (Phi) is 6.46. The van der Waals surface area contributed by atoms with Gasteiger partial charge in [0.1, 0.15) is 23.9 Å². The van der Waals surface area contributed by atoms with Crippen molar-refractivity contribution >= 4 is 29.0 Å². The number of phenols is 1. The number of aryl methyl sites for hydroxylation is 1. The summed E-state index contributed by atoms with van der Waals surface area (Å²) in [7, 11) is 0. The maximum absolute atomic E-state index is 13.8. The minimum atomic E-state index is -0.364. The van der Waals surface area contributed by atoms with Gasteiger partial charge in [-0.2, -0.15) is 0 Å². The number of halogens is 3. The Morgan fingerprint density at radius 2 is 1.76 bits per heavy atom. The van der Waals surface area contributed by atoms with Crippen molar-refractivity contribution in [2.45, 2.75) is 20.3 Å². The number of ketones is 1. The van der Waals surface area contributed by atoms with Crippen molar-refractivity contribution in [1.29, 1.82) is 0 Å². The summed E-state index contributed by atoms with van der Waals surface area (Å²) in [5.74, 6) is 0.00655. The van der Waals surface area contributed by atoms with Gasteiger partial charge >= 0.3 is 0 Å². The maximum Gasteiger partial charge on any atom is 0.167 e. The van der Waals surface area contributed by atoms with Crippen LogP contribution >= 0.6 is 23.2 Å². The van der Waals surface area contributed by atoms with Gasteiger partial charge in [-0.15, -0.1) is 0 Å². The molecule has 3 rings (SSSR count). The second-order valence-corrected chi connectivity index (χ2v) is 7.72. The molecule has 0 heterocycles. The summed E-state index contributed by atoms with van der Waals surface area (Å²) < 4.78 is 19.2. The van der Waals surface area contributed by atoms with Crippen LogP contribution in [0.5, 0.6) is 11.5 Å². The van der Waals surface area contributed by atoms with Crippen LogP contribution in [-0.2, 0) is 11.2 Å². The van der Waals surface area contributed by atoms with Crippen LogP contribution in [0.3, 0.4) is 0 Å². The molecule has 0 aliphatic heterocycles. The Morgan fingerprint density at radius 1 is 1.07 bits per heavy atom. The maximum atomic E-state index is 13.8. The average molecular weight is 433 g/mol. The highest BCUT2D eigenvalue weighted by atomic mass is 35.5. The van der Waals surface area contributed by atoms with Crippen molar-refractivity contribution in [3.05, 3.63) is 81.1 Å². The highest BCUT2D eigenvalue weighted by Gasteiger charge is 2.13. The van der Waals surface area contributed by atoms with Crippen molar-refractivity contribution in [2.75, 3.05) is 6.61 Å². The van der Waals surface area contributed by atoms with Gasteiger partial charge in [-0.05, 0) is 72.5 Å². The highest BCUT2D eigenvalue weighted by molar-refractivity contribution is 6.36. The molecule has 3 nitrogen and oxygen atoms in total. The Labute approximate surface area is 178 Å². The van der Waals surface area contributed by atoms with E-state index in [0.29, 0.717) is 38.9 Å². The fourth-order valence-electron chi connectivity index (χ4n) is 3.04. The summed E-state index contributed by atoms with van der Waals surface area (Å²) in [5, 5.41) is 11.1. The largest absolute Gasteiger partial charge is 0.507 e. The lowest BCUT2D eigenvalue weighted by Gasteiger charge is -2.13. The number of carbonyl (C=O) groups is 1. The molecule has 0 atom stereocenters. The van der Waals surface area contributed by atoms with Gasteiger partial charge in [0.05, 0.1) is 0 Å². The topological polar surface area (TPSA) is 46.5 Å². The first kappa shape index (κ1) is 21.2. The highest BCUT2D eigenvalue weighted by Crippen LogP contribution is 2.35. The van der Waals surface area contributed by atoms with Gasteiger partial charge in [0.25, 0.3) is 0 Å². The minimum Gasteiger partial charge on any atom is -0.507 e. The molecule has 0 amide bonds. The van der Waals surface area contributed by atoms with Crippen LogP contribution < -0.4 is 4.74 Å². The van der Waals surface area contributed by atoms with E-state index in [9.17, 15) is 14.3 Å². The zero-order valence-corrected chi connectivity index (χ0v) is 17.4. The monoisotopic (exact) mass is 432 g/mol. The van der Waals surface area contributed by atoms with Crippen LogP contribution in [0.15, 0.2) is 48.5 Å². The average Bonchev–Trinajstić information content (AvgIpc) is 2.63. The van der Waals surface area contributed by atoms with Gasteiger partial charge in [0.2, 0.25) is 0 Å². The number of Topliss-reactive ketones (excluding diaryl/α,β-unsaturated/α-hetero) is 1. The van der Waals surface area contributed by atoms with E-state index in [1.807, 2.05) is 6.07 Å². The van der Waals surface area contributed by atoms with Gasteiger partial charge < -0.3 is 9.84 Å². The van der Waals surface area contributed by atoms with Gasteiger partial charge in [0, 0.05) is 22.0 Å². The molecule has 3 aromatic carbocycles. The Bertz CT molecular complexity index is 1040. The lowest BCUT2D eigenvalue weighted by molar-refractivity contribution is -0.118. The smallest absolute Gasteiger partial charge is 0.167 e. The zero-order valence-electron chi connectivity index (χ0n) is 15.9. The van der Waals surface area contributed by atoms with Gasteiger partial charge in [-0.3, -0.25) is 4.79 Å². The summed E-state index contributed by atoms with van der Waals surface area (Å²) >= 11 is 12.8. The Hall–Kier alpha value is -2.56. The SMILES string of the molecule is CC(=O)COc1cc(Cl)c(Cc2ccc(O)c(-c3cc(C)cc(F)c3)c2)c(Cl)c1. The molecule has 3 aromatic rings. The molecular formula is C23H19Cl2FO3. The minimum absolute atomic E-state index is 0.0552. The van der Waals surface area contributed by atoms with Crippen molar-refractivity contribution in [2.24, 2.45) is 0 Å². The molecule has 0 spiro atoms. The summed E-state index contributed by atoms with van der Waals surface area (Å²) in [6.45, 7) is 3.17. The lowest BCUT2D eigenvalue weighted by atomic mass is 9.97. The number of phenolic OH excluding ortho intramolecular Hbond substituents is 1. The summed E-state index contributed by atoms with van der Waals surface area (Å²) in [4.78, 5) is 11.1. The van der Waals surface area contributed by atoms with Crippen LogP contribution in [0.25, 0.3) is 11.1 Å². The van der Waals surface area contributed by atoms with Crippen molar-refractivity contribution in [3.63, 3.8) is 0 Å². The molecule has 150 valence electrons. The van der Waals surface area contributed by atoms with E-state index in [0.717, 1.165) is 11.1 Å². The summed E-state index contributed by atoms with van der Waals surface area (Å²) in [6.07, 6.45) is 0.409. The Balaban J connectivity index is 1.92. The number of rotatable bonds is 6. The third-order valence-corrected chi connectivity index (χ3v) is 5.03. The Morgan fingerprint density at radius 3 is 2.38 bits per heavy atom. The quantitative estimate of drug-likeness (QED) is 0.491. The van der Waals surface area contributed by atoms with Crippen LogP contribution in [0.2, 0.25) is 10.0 Å². The van der Waals surface area contributed by atoms with E-state index < -0.39 is 0 Å². The van der Waals surface area contributed by atoms with E-state index in [1.54, 1.807) is 37.3 Å². The third-order valence-electron chi connectivity index (χ3n) is 4.35. The van der Waals surface area contributed by atoms with Gasteiger partial charge in [-0.25, -0.2) is 4.39 Å². The molecule has 0 aliphatic rings. The van der Waals surface area contributed by atoms with Crippen LogP contribution in [0.4, 0.5) is 4.39 Å². The first-order valence-electron chi connectivity index (χ1n) is 8.92. The number of carbonyl (C=O) groups excluding carboxylic acids is 1. The van der Waals surface area contributed by atoms with E-state index in [-0.39, 0.29) is 24.0 Å². The number of benzene rings is 3. The number of aromatic hydroxyl groups is 1. The molecule has 0 bridgehead atoms. The fourth-order valence-corrected chi connectivity index (χ4v) is 3.64. The molecule has 1 N–H and O–H groups in total. The first-order valence-corrected chi connectivity index (χ1v) is 9.68. The summed E-state index contributed by atoms with van der Waals surface area (Å²) in [5.41, 5.74) is 3.42. The van der Waals surface area contributed by atoms with Crippen LogP contribution in [-0.4, -0.2) is 17.5 Å². The van der Waals surface area contributed by atoms with Gasteiger partial charge in [0.15, 0.2) is 5.78 Å². The third kappa shape index (κ3) is 5.28. The number of ether oxygens (including phenoxy) is 1. The van der Waals surface area contributed by atoms with E-state index in [1.165, 1.54) is 19.1 Å². The molecule has 0 saturated carbocycles. The molecule has 0 saturated heterocycles. The molecular weight excluding hydrogens is 414 g/mol. The summed E-state index contributed by atoms with van der Waals surface area (Å²) in [6, 6.07) is 13.0. The first-order chi connectivity index (χ1) is 13.7. The number of hydrogen-bond acceptors (Lipinski definition) is 3. The predicted molar refractivity (Wildman–Crippen MR) is 114 cm³/mol. The molecule has 6 heteroatoms.